The lowest BCUT2D eigenvalue weighted by Gasteiger charge is -2.20. The van der Waals surface area contributed by atoms with Crippen molar-refractivity contribution >= 4 is 17.7 Å². The molecule has 0 bridgehead atoms. The number of hydrogen-bond acceptors (Lipinski definition) is 6. The molecule has 0 radical (unpaired) electrons. The summed E-state index contributed by atoms with van der Waals surface area (Å²) in [6.07, 6.45) is 0. The van der Waals surface area contributed by atoms with Gasteiger partial charge in [-0.25, -0.2) is 0 Å². The Morgan fingerprint density at radius 1 is 1.30 bits per heavy atom. The Morgan fingerprint density at radius 2 is 2.00 bits per heavy atom. The highest BCUT2D eigenvalue weighted by molar-refractivity contribution is 7.99. The van der Waals surface area contributed by atoms with E-state index in [1.165, 1.54) is 11.8 Å². The van der Waals surface area contributed by atoms with E-state index in [-0.39, 0.29) is 17.2 Å². The van der Waals surface area contributed by atoms with Gasteiger partial charge in [0.1, 0.15) is 5.75 Å². The lowest BCUT2D eigenvalue weighted by Crippen LogP contribution is -2.41. The van der Waals surface area contributed by atoms with Gasteiger partial charge in [-0.3, -0.25) is 4.79 Å². The molecular formula is C15H21N5O2S. The molecule has 0 spiro atoms. The number of tetrazole rings is 1. The zero-order valence-corrected chi connectivity index (χ0v) is 14.6. The minimum absolute atomic E-state index is 0.0521. The van der Waals surface area contributed by atoms with Crippen molar-refractivity contribution in [2.45, 2.75) is 38.4 Å². The maximum Gasteiger partial charge on any atom is 0.230 e. The lowest BCUT2D eigenvalue weighted by molar-refractivity contribution is -0.119. The first kappa shape index (κ1) is 17.3. The molecule has 0 aliphatic rings. The topological polar surface area (TPSA) is 81.9 Å². The molecule has 0 unspecified atom stereocenters. The van der Waals surface area contributed by atoms with Crippen molar-refractivity contribution in [1.82, 2.24) is 25.5 Å². The monoisotopic (exact) mass is 335 g/mol. The van der Waals surface area contributed by atoms with E-state index in [4.69, 9.17) is 4.74 Å². The average Bonchev–Trinajstić information content (AvgIpc) is 2.93. The van der Waals surface area contributed by atoms with Crippen LogP contribution in [0.15, 0.2) is 29.4 Å². The first-order chi connectivity index (χ1) is 10.9. The summed E-state index contributed by atoms with van der Waals surface area (Å²) in [5.41, 5.74) is 0.566. The van der Waals surface area contributed by atoms with Crippen LogP contribution in [0.1, 0.15) is 27.7 Å². The van der Waals surface area contributed by atoms with Crippen LogP contribution >= 0.6 is 11.8 Å². The molecule has 0 aliphatic carbocycles. The molecule has 1 aromatic heterocycles. The number of nitrogens with one attached hydrogen (secondary N) is 1. The predicted molar refractivity (Wildman–Crippen MR) is 88.9 cm³/mol. The van der Waals surface area contributed by atoms with Crippen LogP contribution in [0.3, 0.4) is 0 Å². The van der Waals surface area contributed by atoms with Gasteiger partial charge in [-0.15, -0.1) is 5.10 Å². The first-order valence-electron chi connectivity index (χ1n) is 7.34. The van der Waals surface area contributed by atoms with Crippen LogP contribution in [-0.4, -0.2) is 44.0 Å². The molecule has 0 saturated heterocycles. The molecule has 1 amide bonds. The highest BCUT2D eigenvalue weighted by Gasteiger charge is 2.16. The van der Waals surface area contributed by atoms with E-state index in [9.17, 15) is 4.79 Å². The van der Waals surface area contributed by atoms with Gasteiger partial charge in [-0.2, -0.15) is 4.68 Å². The molecule has 124 valence electrons. The standard InChI is InChI=1S/C15H21N5O2S/c1-5-22-12-8-6-11(7-9-12)20-14(17-18-19-20)23-10-13(21)16-15(2,3)4/h6-9H,5,10H2,1-4H3,(H,16,21). The maximum atomic E-state index is 11.9. The lowest BCUT2D eigenvalue weighted by atomic mass is 10.1. The number of ether oxygens (including phenoxy) is 1. The summed E-state index contributed by atoms with van der Waals surface area (Å²) in [7, 11) is 0. The van der Waals surface area contributed by atoms with E-state index in [1.54, 1.807) is 4.68 Å². The first-order valence-corrected chi connectivity index (χ1v) is 8.33. The minimum Gasteiger partial charge on any atom is -0.494 e. The summed E-state index contributed by atoms with van der Waals surface area (Å²) < 4.78 is 7.02. The summed E-state index contributed by atoms with van der Waals surface area (Å²) in [6.45, 7) is 8.39. The highest BCUT2D eigenvalue weighted by atomic mass is 32.2. The van der Waals surface area contributed by atoms with Crippen molar-refractivity contribution in [2.75, 3.05) is 12.4 Å². The number of thioether (sulfide) groups is 1. The fourth-order valence-corrected chi connectivity index (χ4v) is 2.56. The van der Waals surface area contributed by atoms with Crippen LogP contribution in [-0.2, 0) is 4.79 Å². The second kappa shape index (κ2) is 7.45. The fraction of sp³-hybridized carbons (Fsp3) is 0.467. The van der Waals surface area contributed by atoms with Crippen molar-refractivity contribution < 1.29 is 9.53 Å². The van der Waals surface area contributed by atoms with Gasteiger partial charge >= 0.3 is 0 Å². The van der Waals surface area contributed by atoms with Gasteiger partial charge in [0.05, 0.1) is 18.0 Å². The summed E-state index contributed by atoms with van der Waals surface area (Å²) in [6, 6.07) is 7.48. The molecule has 7 nitrogen and oxygen atoms in total. The Labute approximate surface area is 139 Å². The number of amides is 1. The van der Waals surface area contributed by atoms with Crippen molar-refractivity contribution in [2.24, 2.45) is 0 Å². The number of carbonyl (C=O) groups is 1. The van der Waals surface area contributed by atoms with Crippen LogP contribution in [0.5, 0.6) is 5.75 Å². The second-order valence-corrected chi connectivity index (χ2v) is 6.83. The zero-order chi connectivity index (χ0) is 16.9. The second-order valence-electron chi connectivity index (χ2n) is 5.89. The number of benzene rings is 1. The van der Waals surface area contributed by atoms with Crippen molar-refractivity contribution in [3.05, 3.63) is 24.3 Å². The number of carbonyl (C=O) groups excluding carboxylic acids is 1. The van der Waals surface area contributed by atoms with Crippen molar-refractivity contribution in [3.8, 4) is 11.4 Å². The average molecular weight is 335 g/mol. The van der Waals surface area contributed by atoms with E-state index in [0.717, 1.165) is 11.4 Å². The molecule has 1 aromatic carbocycles. The Morgan fingerprint density at radius 3 is 2.61 bits per heavy atom. The van der Waals surface area contributed by atoms with E-state index < -0.39 is 0 Å². The molecule has 0 saturated carbocycles. The summed E-state index contributed by atoms with van der Waals surface area (Å²) in [5.74, 6) is 1.00. The number of nitrogens with zero attached hydrogens (tertiary/aromatic N) is 4. The van der Waals surface area contributed by atoms with Gasteiger partial charge < -0.3 is 10.1 Å². The molecule has 8 heteroatoms. The van der Waals surface area contributed by atoms with Crippen LogP contribution in [0.2, 0.25) is 0 Å². The molecule has 0 aliphatic heterocycles. The van der Waals surface area contributed by atoms with Crippen LogP contribution in [0.4, 0.5) is 0 Å². The molecule has 2 aromatic rings. The predicted octanol–water partition coefficient (Wildman–Crippen LogP) is 2.07. The van der Waals surface area contributed by atoms with E-state index in [0.29, 0.717) is 11.8 Å². The summed E-state index contributed by atoms with van der Waals surface area (Å²) in [5, 5.41) is 15.1. The Kier molecular flexibility index (Phi) is 5.59. The van der Waals surface area contributed by atoms with Crippen LogP contribution in [0.25, 0.3) is 5.69 Å². The number of aromatic nitrogens is 4. The highest BCUT2D eigenvalue weighted by Crippen LogP contribution is 2.20. The van der Waals surface area contributed by atoms with Crippen molar-refractivity contribution in [1.29, 1.82) is 0 Å². The number of rotatable bonds is 6. The molecule has 23 heavy (non-hydrogen) atoms. The molecule has 1 heterocycles. The SMILES string of the molecule is CCOc1ccc(-n2nnnc2SCC(=O)NC(C)(C)C)cc1. The van der Waals surface area contributed by atoms with Gasteiger partial charge in [0.15, 0.2) is 0 Å². The van der Waals surface area contributed by atoms with Crippen molar-refractivity contribution in [3.63, 3.8) is 0 Å². The van der Waals surface area contributed by atoms with Gasteiger partial charge in [0, 0.05) is 5.54 Å². The van der Waals surface area contributed by atoms with Gasteiger partial charge in [0.2, 0.25) is 11.1 Å². The normalized spacial score (nSPS) is 11.3. The van der Waals surface area contributed by atoms with Crippen LogP contribution in [0, 0.1) is 0 Å². The molecule has 0 fully saturated rings. The number of hydrogen-bond donors (Lipinski definition) is 1. The van der Waals surface area contributed by atoms with Crippen LogP contribution < -0.4 is 10.1 Å². The molecule has 0 atom stereocenters. The van der Waals surface area contributed by atoms with Gasteiger partial charge in [-0.05, 0) is 62.4 Å². The Hall–Kier alpha value is -2.09. The third-order valence-corrected chi connectivity index (χ3v) is 3.60. The van der Waals surface area contributed by atoms with Gasteiger partial charge in [0.25, 0.3) is 0 Å². The third kappa shape index (κ3) is 5.24. The maximum absolute atomic E-state index is 11.9. The van der Waals surface area contributed by atoms with E-state index in [1.807, 2.05) is 52.0 Å². The summed E-state index contributed by atoms with van der Waals surface area (Å²) in [4.78, 5) is 11.9. The fourth-order valence-electron chi connectivity index (χ4n) is 1.87. The van der Waals surface area contributed by atoms with Gasteiger partial charge in [-0.1, -0.05) is 11.8 Å². The molecular weight excluding hydrogens is 314 g/mol. The molecule has 1 N–H and O–H groups in total. The smallest absolute Gasteiger partial charge is 0.230 e. The quantitative estimate of drug-likeness (QED) is 0.814. The van der Waals surface area contributed by atoms with E-state index >= 15 is 0 Å². The largest absolute Gasteiger partial charge is 0.494 e. The summed E-state index contributed by atoms with van der Waals surface area (Å²) >= 11 is 1.30. The van der Waals surface area contributed by atoms with E-state index in [2.05, 4.69) is 20.8 Å². The molecule has 2 rings (SSSR count). The Balaban J connectivity index is 2.03. The zero-order valence-electron chi connectivity index (χ0n) is 13.7. The minimum atomic E-state index is -0.251. The Bertz CT molecular complexity index is 649. The third-order valence-electron chi connectivity index (χ3n) is 2.68.